The fourth-order valence-corrected chi connectivity index (χ4v) is 3.58. The molecule has 19 heavy (non-hydrogen) atoms. The van der Waals surface area contributed by atoms with Crippen LogP contribution in [0.1, 0.15) is 33.6 Å². The molecule has 0 aromatic heterocycles. The van der Waals surface area contributed by atoms with Crippen molar-refractivity contribution in [2.24, 2.45) is 0 Å². The molecule has 2 atom stereocenters. The van der Waals surface area contributed by atoms with Gasteiger partial charge in [-0.25, -0.2) is 4.39 Å². The summed E-state index contributed by atoms with van der Waals surface area (Å²) in [6, 6.07) is 0. The van der Waals surface area contributed by atoms with Crippen molar-refractivity contribution >= 4 is 19.9 Å². The normalized spacial score (nSPS) is 27.9. The summed E-state index contributed by atoms with van der Waals surface area (Å²) in [6.45, 7) is 14.8. The summed E-state index contributed by atoms with van der Waals surface area (Å²) in [4.78, 5) is 0. The van der Waals surface area contributed by atoms with E-state index in [1.807, 2.05) is 6.08 Å². The molecule has 0 bridgehead atoms. The summed E-state index contributed by atoms with van der Waals surface area (Å²) in [5, 5.41) is 0.142. The van der Waals surface area contributed by atoms with Crippen molar-refractivity contribution in [3.8, 4) is 0 Å². The maximum absolute atomic E-state index is 14.0. The van der Waals surface area contributed by atoms with Crippen molar-refractivity contribution in [3.63, 3.8) is 0 Å². The predicted molar refractivity (Wildman–Crippen MR) is 84.1 cm³/mol. The molecule has 1 saturated carbocycles. The maximum Gasteiger partial charge on any atom is 0.192 e. The Labute approximate surface area is 123 Å². The van der Waals surface area contributed by atoms with Crippen LogP contribution in [0.25, 0.3) is 0 Å². The Morgan fingerprint density at radius 1 is 1.47 bits per heavy atom. The van der Waals surface area contributed by atoms with Crippen molar-refractivity contribution in [2.45, 2.75) is 64.0 Å². The van der Waals surface area contributed by atoms with Gasteiger partial charge < -0.3 is 4.43 Å². The van der Waals surface area contributed by atoms with Gasteiger partial charge in [0.1, 0.15) is 6.17 Å². The molecule has 0 aliphatic heterocycles. The third-order valence-corrected chi connectivity index (χ3v) is 8.99. The van der Waals surface area contributed by atoms with Gasteiger partial charge >= 0.3 is 0 Å². The van der Waals surface area contributed by atoms with Gasteiger partial charge in [-0.2, -0.15) is 0 Å². The third kappa shape index (κ3) is 4.17. The van der Waals surface area contributed by atoms with Gasteiger partial charge in [0.2, 0.25) is 0 Å². The number of halogens is 2. The molecule has 4 heteroatoms. The highest BCUT2D eigenvalue weighted by molar-refractivity contribution is 6.74. The molecule has 0 heterocycles. The number of rotatable bonds is 3. The number of hydrogen-bond donors (Lipinski definition) is 0. The maximum atomic E-state index is 14.0. The number of alkyl halides is 2. The van der Waals surface area contributed by atoms with Gasteiger partial charge in [-0.3, -0.25) is 0 Å². The van der Waals surface area contributed by atoms with E-state index in [-0.39, 0.29) is 11.1 Å². The predicted octanol–water partition coefficient (Wildman–Crippen LogP) is 5.23. The average molecular weight is 305 g/mol. The summed E-state index contributed by atoms with van der Waals surface area (Å²) < 4.78 is 20.3. The Bertz CT molecular complexity index is 371. The second-order valence-electron chi connectivity index (χ2n) is 6.82. The van der Waals surface area contributed by atoms with Gasteiger partial charge in [0.15, 0.2) is 8.32 Å². The fraction of sp³-hybridized carbons (Fsp3) is 0.733. The number of hydrogen-bond acceptors (Lipinski definition) is 1. The van der Waals surface area contributed by atoms with Crippen LogP contribution in [0.15, 0.2) is 23.8 Å². The highest BCUT2D eigenvalue weighted by Gasteiger charge is 2.41. The number of allylic oxidation sites excluding steroid dienone is 2. The first kappa shape index (κ1) is 16.9. The Morgan fingerprint density at radius 3 is 2.53 bits per heavy atom. The zero-order valence-corrected chi connectivity index (χ0v) is 14.5. The van der Waals surface area contributed by atoms with Gasteiger partial charge in [-0.15, -0.1) is 11.6 Å². The fourth-order valence-electron chi connectivity index (χ4n) is 2.02. The Hall–Kier alpha value is -0.123. The second-order valence-corrected chi connectivity index (χ2v) is 11.9. The molecular formula is C15H26ClFOSi. The monoisotopic (exact) mass is 304 g/mol. The van der Waals surface area contributed by atoms with Crippen LogP contribution in [0, 0.1) is 0 Å². The topological polar surface area (TPSA) is 9.23 Å². The van der Waals surface area contributed by atoms with E-state index in [1.54, 1.807) is 0 Å². The van der Waals surface area contributed by atoms with Crippen LogP contribution in [0.4, 0.5) is 4.39 Å². The first-order valence-corrected chi connectivity index (χ1v) is 10.3. The van der Waals surface area contributed by atoms with Crippen molar-refractivity contribution in [1.29, 1.82) is 0 Å². The molecule has 0 saturated heterocycles. The molecule has 2 unspecified atom stereocenters. The van der Waals surface area contributed by atoms with E-state index in [0.717, 1.165) is 12.0 Å². The highest BCUT2D eigenvalue weighted by atomic mass is 35.5. The SMILES string of the molecule is C=C1/C(=C/CCl)CC(O[Si](C)(C)C(C)(C)C)CC1F. The molecule has 1 fully saturated rings. The minimum atomic E-state index is -1.85. The third-order valence-electron chi connectivity index (χ3n) is 4.30. The Balaban J connectivity index is 2.81. The van der Waals surface area contributed by atoms with Crippen LogP contribution < -0.4 is 0 Å². The molecule has 0 spiro atoms. The van der Waals surface area contributed by atoms with Crippen molar-refractivity contribution in [2.75, 3.05) is 5.88 Å². The van der Waals surface area contributed by atoms with E-state index >= 15 is 0 Å². The van der Waals surface area contributed by atoms with Gasteiger partial charge in [-0.1, -0.05) is 33.4 Å². The molecule has 1 rings (SSSR count). The molecule has 0 amide bonds. The van der Waals surface area contributed by atoms with E-state index in [9.17, 15) is 4.39 Å². The molecular weight excluding hydrogens is 279 g/mol. The second kappa shape index (κ2) is 6.11. The molecule has 0 N–H and O–H groups in total. The molecule has 0 aromatic rings. The minimum absolute atomic E-state index is 0.0455. The van der Waals surface area contributed by atoms with Crippen LogP contribution in [0.2, 0.25) is 18.1 Å². The van der Waals surface area contributed by atoms with Gasteiger partial charge in [-0.05, 0) is 35.7 Å². The quantitative estimate of drug-likeness (QED) is 0.512. The van der Waals surface area contributed by atoms with Crippen LogP contribution in [-0.4, -0.2) is 26.5 Å². The standard InChI is InChI=1S/C15H26ClFOSi/c1-11-12(7-8-16)9-13(10-14(11)17)18-19(5,6)15(2,3)4/h7,13-14H,1,8-10H2,2-6H3/b12-7+. The van der Waals surface area contributed by atoms with Crippen molar-refractivity contribution in [3.05, 3.63) is 23.8 Å². The van der Waals surface area contributed by atoms with E-state index in [4.69, 9.17) is 16.0 Å². The first-order valence-electron chi connectivity index (χ1n) is 6.84. The van der Waals surface area contributed by atoms with Crippen LogP contribution in [0.3, 0.4) is 0 Å². The lowest BCUT2D eigenvalue weighted by Crippen LogP contribution is -2.45. The Morgan fingerprint density at radius 2 is 2.05 bits per heavy atom. The summed E-state index contributed by atoms with van der Waals surface area (Å²) in [5.41, 5.74) is 1.51. The van der Waals surface area contributed by atoms with Gasteiger partial charge in [0.05, 0.1) is 6.10 Å². The molecule has 0 aromatic carbocycles. The van der Waals surface area contributed by atoms with E-state index in [1.165, 1.54) is 0 Å². The minimum Gasteiger partial charge on any atom is -0.413 e. The zero-order valence-electron chi connectivity index (χ0n) is 12.7. The summed E-state index contributed by atoms with van der Waals surface area (Å²) in [5.74, 6) is 0.397. The van der Waals surface area contributed by atoms with Crippen LogP contribution >= 0.6 is 11.6 Å². The smallest absolute Gasteiger partial charge is 0.192 e. The van der Waals surface area contributed by atoms with Crippen molar-refractivity contribution < 1.29 is 8.82 Å². The van der Waals surface area contributed by atoms with E-state index in [2.05, 4.69) is 40.4 Å². The average Bonchev–Trinajstić information content (AvgIpc) is 2.23. The molecule has 1 aliphatic carbocycles. The lowest BCUT2D eigenvalue weighted by Gasteiger charge is -2.41. The molecule has 0 radical (unpaired) electrons. The van der Waals surface area contributed by atoms with Crippen LogP contribution in [-0.2, 0) is 4.43 Å². The lowest BCUT2D eigenvalue weighted by atomic mass is 9.87. The van der Waals surface area contributed by atoms with Gasteiger partial charge in [0.25, 0.3) is 0 Å². The van der Waals surface area contributed by atoms with Crippen molar-refractivity contribution in [1.82, 2.24) is 0 Å². The van der Waals surface area contributed by atoms with Gasteiger partial charge in [0, 0.05) is 12.3 Å². The first-order chi connectivity index (χ1) is 8.58. The molecule has 1 nitrogen and oxygen atoms in total. The lowest BCUT2D eigenvalue weighted by molar-refractivity contribution is 0.131. The van der Waals surface area contributed by atoms with E-state index < -0.39 is 14.5 Å². The zero-order chi connectivity index (χ0) is 14.8. The highest BCUT2D eigenvalue weighted by Crippen LogP contribution is 2.40. The summed E-state index contributed by atoms with van der Waals surface area (Å²) in [7, 11) is -1.85. The summed E-state index contributed by atoms with van der Waals surface area (Å²) >= 11 is 5.73. The molecule has 110 valence electrons. The molecule has 1 aliphatic rings. The largest absolute Gasteiger partial charge is 0.413 e. The summed E-state index contributed by atoms with van der Waals surface area (Å²) in [6.07, 6.45) is 1.97. The van der Waals surface area contributed by atoms with E-state index in [0.29, 0.717) is 17.9 Å². The Kier molecular flexibility index (Phi) is 5.44. The van der Waals surface area contributed by atoms with Crippen LogP contribution in [0.5, 0.6) is 0 Å².